The van der Waals surface area contributed by atoms with Crippen molar-refractivity contribution in [3.8, 4) is 0 Å². The molecule has 4 heteroatoms. The fourth-order valence-corrected chi connectivity index (χ4v) is 1.82. The van der Waals surface area contributed by atoms with Crippen molar-refractivity contribution < 1.29 is 4.39 Å². The molecule has 0 heterocycles. The zero-order valence-corrected chi connectivity index (χ0v) is 10.5. The van der Waals surface area contributed by atoms with Gasteiger partial charge in [-0.25, -0.2) is 4.39 Å². The topological polar surface area (TPSA) is 53.1 Å². The predicted molar refractivity (Wildman–Crippen MR) is 70.2 cm³/mol. The summed E-state index contributed by atoms with van der Waals surface area (Å²) in [5, 5.41) is 7.43. The third kappa shape index (κ3) is 3.44. The van der Waals surface area contributed by atoms with Crippen LogP contribution >= 0.6 is 0 Å². The van der Waals surface area contributed by atoms with Gasteiger partial charge in [-0.1, -0.05) is 25.8 Å². The highest BCUT2D eigenvalue weighted by Crippen LogP contribution is 2.22. The number of anilines is 1. The number of nitrogens with one attached hydrogen (secondary N) is 1. The largest absolute Gasteiger partial charge is 0.384 e. The molecule has 0 atom stereocenters. The lowest BCUT2D eigenvalue weighted by molar-refractivity contribution is 0.623. The molecule has 1 aromatic rings. The molecule has 0 aromatic heterocycles. The number of nitrogen functional groups attached to an aromatic ring is 1. The smallest absolute Gasteiger partial charge is 0.136 e. The number of amidine groups is 1. The van der Waals surface area contributed by atoms with Crippen LogP contribution < -0.4 is 10.6 Å². The third-order valence-corrected chi connectivity index (χ3v) is 2.77. The van der Waals surface area contributed by atoms with Crippen LogP contribution in [-0.2, 0) is 0 Å². The van der Waals surface area contributed by atoms with Crippen LogP contribution in [0.25, 0.3) is 0 Å². The monoisotopic (exact) mass is 237 g/mol. The quantitative estimate of drug-likeness (QED) is 0.454. The summed E-state index contributed by atoms with van der Waals surface area (Å²) in [6.45, 7) is 2.99. The molecule has 0 aliphatic rings. The van der Waals surface area contributed by atoms with E-state index in [2.05, 4.69) is 6.92 Å². The van der Waals surface area contributed by atoms with Gasteiger partial charge in [-0.05, 0) is 18.6 Å². The number of nitrogens with zero attached hydrogens (tertiary/aromatic N) is 1. The van der Waals surface area contributed by atoms with Gasteiger partial charge >= 0.3 is 0 Å². The Labute approximate surface area is 102 Å². The maximum absolute atomic E-state index is 13.6. The van der Waals surface area contributed by atoms with E-state index in [1.54, 1.807) is 12.1 Å². The van der Waals surface area contributed by atoms with Crippen LogP contribution in [0, 0.1) is 11.2 Å². The molecular formula is C13H20FN3. The van der Waals surface area contributed by atoms with E-state index >= 15 is 0 Å². The van der Waals surface area contributed by atoms with Gasteiger partial charge in [0.1, 0.15) is 11.7 Å². The molecule has 0 spiro atoms. The summed E-state index contributed by atoms with van der Waals surface area (Å²) in [6, 6.07) is 4.78. The average Bonchev–Trinajstić information content (AvgIpc) is 2.28. The fourth-order valence-electron chi connectivity index (χ4n) is 1.82. The summed E-state index contributed by atoms with van der Waals surface area (Å²) >= 11 is 0. The third-order valence-electron chi connectivity index (χ3n) is 2.77. The van der Waals surface area contributed by atoms with Crippen molar-refractivity contribution in [1.82, 2.24) is 0 Å². The van der Waals surface area contributed by atoms with Crippen molar-refractivity contribution in [2.45, 2.75) is 26.2 Å². The summed E-state index contributed by atoms with van der Waals surface area (Å²) < 4.78 is 13.6. The van der Waals surface area contributed by atoms with Crippen molar-refractivity contribution in [2.24, 2.45) is 5.73 Å². The first kappa shape index (κ1) is 13.5. The Bertz CT molecular complexity index is 390. The number of hydrogen-bond acceptors (Lipinski definition) is 2. The maximum atomic E-state index is 13.6. The molecule has 94 valence electrons. The lowest BCUT2D eigenvalue weighted by atomic mass is 10.1. The molecule has 0 aliphatic heterocycles. The first-order valence-electron chi connectivity index (χ1n) is 5.92. The minimum absolute atomic E-state index is 0.200. The minimum Gasteiger partial charge on any atom is -0.384 e. The Morgan fingerprint density at radius 2 is 2.12 bits per heavy atom. The summed E-state index contributed by atoms with van der Waals surface area (Å²) in [5.41, 5.74) is 6.31. The van der Waals surface area contributed by atoms with Gasteiger partial charge in [0, 0.05) is 13.6 Å². The number of nitrogens with two attached hydrogens (primary N) is 1. The van der Waals surface area contributed by atoms with Crippen LogP contribution in [0.15, 0.2) is 18.2 Å². The van der Waals surface area contributed by atoms with Crippen molar-refractivity contribution in [1.29, 1.82) is 5.41 Å². The number of benzene rings is 1. The van der Waals surface area contributed by atoms with Crippen LogP contribution in [0.1, 0.15) is 31.7 Å². The summed E-state index contributed by atoms with van der Waals surface area (Å²) in [6.07, 6.45) is 3.35. The highest BCUT2D eigenvalue weighted by Gasteiger charge is 2.13. The summed E-state index contributed by atoms with van der Waals surface area (Å²) in [7, 11) is 1.90. The van der Waals surface area contributed by atoms with E-state index in [1.165, 1.54) is 6.07 Å². The van der Waals surface area contributed by atoms with Gasteiger partial charge < -0.3 is 10.6 Å². The Morgan fingerprint density at radius 3 is 2.71 bits per heavy atom. The molecule has 0 saturated heterocycles. The van der Waals surface area contributed by atoms with E-state index in [0.29, 0.717) is 5.69 Å². The van der Waals surface area contributed by atoms with Crippen LogP contribution in [0.2, 0.25) is 0 Å². The second-order valence-corrected chi connectivity index (χ2v) is 4.18. The van der Waals surface area contributed by atoms with E-state index in [-0.39, 0.29) is 11.4 Å². The van der Waals surface area contributed by atoms with Crippen LogP contribution in [-0.4, -0.2) is 19.4 Å². The van der Waals surface area contributed by atoms with Crippen molar-refractivity contribution in [2.75, 3.05) is 18.5 Å². The highest BCUT2D eigenvalue weighted by molar-refractivity contribution is 6.00. The molecule has 0 aliphatic carbocycles. The van der Waals surface area contributed by atoms with E-state index < -0.39 is 5.82 Å². The molecular weight excluding hydrogens is 217 g/mol. The minimum atomic E-state index is -0.433. The first-order chi connectivity index (χ1) is 8.07. The number of halogens is 1. The number of rotatable bonds is 6. The number of hydrogen-bond donors (Lipinski definition) is 2. The van der Waals surface area contributed by atoms with Gasteiger partial charge in [0.05, 0.1) is 11.3 Å². The summed E-state index contributed by atoms with van der Waals surface area (Å²) in [5.74, 6) is -0.655. The average molecular weight is 237 g/mol. The molecule has 0 bridgehead atoms. The van der Waals surface area contributed by atoms with Crippen molar-refractivity contribution in [3.05, 3.63) is 29.6 Å². The normalized spacial score (nSPS) is 10.3. The molecule has 0 saturated carbocycles. The van der Waals surface area contributed by atoms with Crippen molar-refractivity contribution in [3.63, 3.8) is 0 Å². The van der Waals surface area contributed by atoms with Gasteiger partial charge in [-0.3, -0.25) is 5.41 Å². The first-order valence-corrected chi connectivity index (χ1v) is 5.92. The van der Waals surface area contributed by atoms with Crippen LogP contribution in [0.3, 0.4) is 0 Å². The molecule has 3 N–H and O–H groups in total. The Hall–Kier alpha value is -1.58. The standard InChI is InChI=1S/C13H20FN3/c1-3-4-5-9-17(2)11-8-6-7-10(14)12(11)13(15)16/h6-8H,3-5,9H2,1-2H3,(H3,15,16). The molecule has 0 unspecified atom stereocenters. The predicted octanol–water partition coefficient (Wildman–Crippen LogP) is 2.74. The molecule has 0 radical (unpaired) electrons. The lowest BCUT2D eigenvalue weighted by Crippen LogP contribution is -2.24. The van der Waals surface area contributed by atoms with Gasteiger partial charge in [0.2, 0.25) is 0 Å². The van der Waals surface area contributed by atoms with E-state index in [1.807, 2.05) is 11.9 Å². The second-order valence-electron chi connectivity index (χ2n) is 4.18. The SMILES string of the molecule is CCCCCN(C)c1cccc(F)c1C(=N)N. The molecule has 17 heavy (non-hydrogen) atoms. The Morgan fingerprint density at radius 1 is 1.41 bits per heavy atom. The Kier molecular flexibility index (Phi) is 4.94. The van der Waals surface area contributed by atoms with Gasteiger partial charge in [-0.2, -0.15) is 0 Å². The Balaban J connectivity index is 2.89. The molecule has 1 rings (SSSR count). The van der Waals surface area contributed by atoms with E-state index in [4.69, 9.17) is 11.1 Å². The van der Waals surface area contributed by atoms with Gasteiger partial charge in [0.15, 0.2) is 0 Å². The van der Waals surface area contributed by atoms with Gasteiger partial charge in [-0.15, -0.1) is 0 Å². The molecule has 0 fully saturated rings. The molecule has 3 nitrogen and oxygen atoms in total. The molecule has 0 amide bonds. The van der Waals surface area contributed by atoms with Crippen molar-refractivity contribution >= 4 is 11.5 Å². The van der Waals surface area contributed by atoms with Crippen LogP contribution in [0.5, 0.6) is 0 Å². The zero-order valence-electron chi connectivity index (χ0n) is 10.5. The fraction of sp³-hybridized carbons (Fsp3) is 0.462. The van der Waals surface area contributed by atoms with Gasteiger partial charge in [0.25, 0.3) is 0 Å². The number of unbranched alkanes of at least 4 members (excludes halogenated alkanes) is 2. The highest BCUT2D eigenvalue weighted by atomic mass is 19.1. The zero-order chi connectivity index (χ0) is 12.8. The molecule has 1 aromatic carbocycles. The van der Waals surface area contributed by atoms with E-state index in [0.717, 1.165) is 25.8 Å². The lowest BCUT2D eigenvalue weighted by Gasteiger charge is -2.22. The van der Waals surface area contributed by atoms with E-state index in [9.17, 15) is 4.39 Å². The van der Waals surface area contributed by atoms with Crippen LogP contribution in [0.4, 0.5) is 10.1 Å². The second kappa shape index (κ2) is 6.23. The summed E-state index contributed by atoms with van der Waals surface area (Å²) in [4.78, 5) is 1.95. The maximum Gasteiger partial charge on any atom is 0.136 e.